The Kier molecular flexibility index (Phi) is 2.69. The van der Waals surface area contributed by atoms with E-state index in [2.05, 4.69) is 9.98 Å². The van der Waals surface area contributed by atoms with Gasteiger partial charge >= 0.3 is 0 Å². The molecule has 0 amide bonds. The van der Waals surface area contributed by atoms with Gasteiger partial charge in [0.15, 0.2) is 6.29 Å². The van der Waals surface area contributed by atoms with Crippen LogP contribution in [0.2, 0.25) is 0 Å². The molecule has 0 radical (unpaired) electrons. The Morgan fingerprint density at radius 2 is 2.33 bits per heavy atom. The fraction of sp³-hybridized carbons (Fsp3) is 0.222. The van der Waals surface area contributed by atoms with E-state index in [1.807, 2.05) is 6.92 Å². The third kappa shape index (κ3) is 1.75. The molecule has 0 spiro atoms. The van der Waals surface area contributed by atoms with Crippen LogP contribution in [0.4, 0.5) is 0 Å². The summed E-state index contributed by atoms with van der Waals surface area (Å²) in [6.07, 6.45) is 2.31. The first-order chi connectivity index (χ1) is 5.77. The molecule has 1 heterocycles. The SMILES string of the molecule is CN=C(C)c1ccc(C=O)cn1. The number of aliphatic imine (C=N–C) groups is 1. The van der Waals surface area contributed by atoms with Crippen molar-refractivity contribution in [2.24, 2.45) is 4.99 Å². The number of pyridine rings is 1. The molecule has 1 rings (SSSR count). The molecule has 0 saturated heterocycles. The first kappa shape index (κ1) is 8.59. The van der Waals surface area contributed by atoms with Gasteiger partial charge in [-0.25, -0.2) is 0 Å². The topological polar surface area (TPSA) is 42.3 Å². The van der Waals surface area contributed by atoms with Crippen molar-refractivity contribution < 1.29 is 4.79 Å². The zero-order chi connectivity index (χ0) is 8.97. The number of nitrogens with zero attached hydrogens (tertiary/aromatic N) is 2. The van der Waals surface area contributed by atoms with E-state index in [1.165, 1.54) is 6.20 Å². The van der Waals surface area contributed by atoms with Gasteiger partial charge in [-0.1, -0.05) is 0 Å². The number of hydrogen-bond donors (Lipinski definition) is 0. The molecule has 0 atom stereocenters. The smallest absolute Gasteiger partial charge is 0.151 e. The third-order valence-electron chi connectivity index (χ3n) is 1.63. The normalized spacial score (nSPS) is 11.3. The Morgan fingerprint density at radius 1 is 1.58 bits per heavy atom. The van der Waals surface area contributed by atoms with Crippen LogP contribution in [0.25, 0.3) is 0 Å². The average molecular weight is 162 g/mol. The van der Waals surface area contributed by atoms with Gasteiger partial charge in [0.2, 0.25) is 0 Å². The second-order valence-electron chi connectivity index (χ2n) is 2.40. The minimum atomic E-state index is 0.586. The Balaban J connectivity index is 2.99. The lowest BCUT2D eigenvalue weighted by molar-refractivity contribution is 0.112. The average Bonchev–Trinajstić information content (AvgIpc) is 2.17. The van der Waals surface area contributed by atoms with Crippen molar-refractivity contribution in [1.29, 1.82) is 0 Å². The molecule has 0 aliphatic carbocycles. The number of aldehydes is 1. The molecule has 0 fully saturated rings. The van der Waals surface area contributed by atoms with Gasteiger partial charge in [-0.15, -0.1) is 0 Å². The number of aromatic nitrogens is 1. The number of carbonyl (C=O) groups excluding carboxylic acids is 1. The monoisotopic (exact) mass is 162 g/mol. The van der Waals surface area contributed by atoms with Gasteiger partial charge in [-0.3, -0.25) is 14.8 Å². The zero-order valence-corrected chi connectivity index (χ0v) is 7.11. The Morgan fingerprint density at radius 3 is 2.75 bits per heavy atom. The van der Waals surface area contributed by atoms with E-state index in [1.54, 1.807) is 19.2 Å². The van der Waals surface area contributed by atoms with Crippen LogP contribution >= 0.6 is 0 Å². The van der Waals surface area contributed by atoms with Crippen LogP contribution in [0.5, 0.6) is 0 Å². The number of rotatable bonds is 2. The summed E-state index contributed by atoms with van der Waals surface area (Å²) in [4.78, 5) is 18.3. The molecule has 0 unspecified atom stereocenters. The summed E-state index contributed by atoms with van der Waals surface area (Å²) in [7, 11) is 1.71. The molecule has 0 aliphatic rings. The first-order valence-corrected chi connectivity index (χ1v) is 3.63. The zero-order valence-electron chi connectivity index (χ0n) is 7.11. The third-order valence-corrected chi connectivity index (χ3v) is 1.63. The fourth-order valence-corrected chi connectivity index (χ4v) is 0.804. The van der Waals surface area contributed by atoms with Crippen molar-refractivity contribution in [3.8, 4) is 0 Å². The van der Waals surface area contributed by atoms with Crippen LogP contribution in [-0.2, 0) is 0 Å². The van der Waals surface area contributed by atoms with Crippen LogP contribution in [0.15, 0.2) is 23.3 Å². The van der Waals surface area contributed by atoms with Gasteiger partial charge in [-0.05, 0) is 19.1 Å². The van der Waals surface area contributed by atoms with Gasteiger partial charge in [-0.2, -0.15) is 0 Å². The van der Waals surface area contributed by atoms with Crippen molar-refractivity contribution in [3.63, 3.8) is 0 Å². The molecule has 0 aliphatic heterocycles. The maximum atomic E-state index is 10.3. The van der Waals surface area contributed by atoms with Crippen LogP contribution in [0, 0.1) is 0 Å². The summed E-state index contributed by atoms with van der Waals surface area (Å²) >= 11 is 0. The van der Waals surface area contributed by atoms with Crippen molar-refractivity contribution in [2.75, 3.05) is 7.05 Å². The van der Waals surface area contributed by atoms with Gasteiger partial charge in [0.25, 0.3) is 0 Å². The first-order valence-electron chi connectivity index (χ1n) is 3.63. The predicted molar refractivity (Wildman–Crippen MR) is 47.8 cm³/mol. The highest BCUT2D eigenvalue weighted by atomic mass is 16.1. The minimum Gasteiger partial charge on any atom is -0.298 e. The van der Waals surface area contributed by atoms with Crippen molar-refractivity contribution in [2.45, 2.75) is 6.92 Å². The molecule has 1 aromatic rings. The second kappa shape index (κ2) is 3.76. The molecule has 3 nitrogen and oxygen atoms in total. The van der Waals surface area contributed by atoms with Crippen molar-refractivity contribution in [1.82, 2.24) is 4.98 Å². The summed E-state index contributed by atoms with van der Waals surface area (Å²) in [5.74, 6) is 0. The van der Waals surface area contributed by atoms with E-state index in [0.29, 0.717) is 5.56 Å². The molecule has 3 heteroatoms. The van der Waals surface area contributed by atoms with Gasteiger partial charge in [0, 0.05) is 18.8 Å². The number of hydrogen-bond acceptors (Lipinski definition) is 3. The summed E-state index contributed by atoms with van der Waals surface area (Å²) in [6.45, 7) is 1.88. The quantitative estimate of drug-likeness (QED) is 0.486. The minimum absolute atomic E-state index is 0.586. The van der Waals surface area contributed by atoms with E-state index in [-0.39, 0.29) is 0 Å². The summed E-state index contributed by atoms with van der Waals surface area (Å²) in [6, 6.07) is 3.51. The van der Waals surface area contributed by atoms with E-state index in [0.717, 1.165) is 17.7 Å². The number of carbonyl (C=O) groups is 1. The molecular weight excluding hydrogens is 152 g/mol. The lowest BCUT2D eigenvalue weighted by Crippen LogP contribution is -1.98. The molecule has 0 aromatic carbocycles. The summed E-state index contributed by atoms with van der Waals surface area (Å²) in [5.41, 5.74) is 2.26. The predicted octanol–water partition coefficient (Wildman–Crippen LogP) is 1.33. The Hall–Kier alpha value is -1.51. The van der Waals surface area contributed by atoms with E-state index in [9.17, 15) is 4.79 Å². The summed E-state index contributed by atoms with van der Waals surface area (Å²) < 4.78 is 0. The van der Waals surface area contributed by atoms with Gasteiger partial charge < -0.3 is 0 Å². The van der Waals surface area contributed by atoms with Crippen LogP contribution in [0.1, 0.15) is 23.0 Å². The van der Waals surface area contributed by atoms with E-state index < -0.39 is 0 Å². The van der Waals surface area contributed by atoms with Gasteiger partial charge in [0.1, 0.15) is 0 Å². The highest BCUT2D eigenvalue weighted by Crippen LogP contribution is 1.99. The fourth-order valence-electron chi connectivity index (χ4n) is 0.804. The molecule has 12 heavy (non-hydrogen) atoms. The van der Waals surface area contributed by atoms with Crippen molar-refractivity contribution >= 4 is 12.0 Å². The second-order valence-corrected chi connectivity index (χ2v) is 2.40. The highest BCUT2D eigenvalue weighted by Gasteiger charge is 1.96. The molecular formula is C9H10N2O. The molecule has 1 aromatic heterocycles. The molecule has 0 saturated carbocycles. The van der Waals surface area contributed by atoms with E-state index in [4.69, 9.17) is 0 Å². The maximum Gasteiger partial charge on any atom is 0.151 e. The largest absolute Gasteiger partial charge is 0.298 e. The van der Waals surface area contributed by atoms with Crippen molar-refractivity contribution in [3.05, 3.63) is 29.6 Å². The molecule has 0 N–H and O–H groups in total. The molecule has 0 bridgehead atoms. The lowest BCUT2D eigenvalue weighted by Gasteiger charge is -1.97. The van der Waals surface area contributed by atoms with E-state index >= 15 is 0 Å². The summed E-state index contributed by atoms with van der Waals surface area (Å²) in [5, 5.41) is 0. The Labute approximate surface area is 71.2 Å². The van der Waals surface area contributed by atoms with Crippen LogP contribution < -0.4 is 0 Å². The molecule has 62 valence electrons. The standard InChI is InChI=1S/C9H10N2O/c1-7(10-2)9-4-3-8(6-12)5-11-9/h3-6H,1-2H3. The van der Waals surface area contributed by atoms with Crippen LogP contribution in [0.3, 0.4) is 0 Å². The van der Waals surface area contributed by atoms with Crippen LogP contribution in [-0.4, -0.2) is 24.0 Å². The lowest BCUT2D eigenvalue weighted by atomic mass is 10.2. The maximum absolute atomic E-state index is 10.3. The van der Waals surface area contributed by atoms with Gasteiger partial charge in [0.05, 0.1) is 11.4 Å². The highest BCUT2D eigenvalue weighted by molar-refractivity contribution is 5.97. The Bertz CT molecular complexity index is 301.